The fourth-order valence-electron chi connectivity index (χ4n) is 2.39. The molecule has 0 saturated heterocycles. The van der Waals surface area contributed by atoms with Crippen molar-refractivity contribution in [2.24, 2.45) is 7.05 Å². The smallest absolute Gasteiger partial charge is 0.354 e. The monoisotopic (exact) mass is 258 g/mol. The van der Waals surface area contributed by atoms with Gasteiger partial charge < -0.3 is 14.4 Å². The zero-order valence-electron chi connectivity index (χ0n) is 10.8. The molecule has 0 amide bonds. The molecular weight excluding hydrogens is 244 g/mol. The van der Waals surface area contributed by atoms with Gasteiger partial charge in [0.2, 0.25) is 0 Å². The second-order valence-corrected chi connectivity index (χ2v) is 4.64. The van der Waals surface area contributed by atoms with Crippen molar-refractivity contribution in [3.05, 3.63) is 35.3 Å². The molecule has 5 heteroatoms. The predicted octanol–water partition coefficient (Wildman–Crippen LogP) is 2.03. The van der Waals surface area contributed by atoms with Crippen LogP contribution in [0.2, 0.25) is 0 Å². The zero-order valence-corrected chi connectivity index (χ0v) is 10.8. The van der Waals surface area contributed by atoms with Crippen molar-refractivity contribution in [1.82, 2.24) is 9.55 Å². The maximum atomic E-state index is 11.4. The molecule has 0 bridgehead atoms. The van der Waals surface area contributed by atoms with Crippen LogP contribution < -0.4 is 4.74 Å². The Hall–Kier alpha value is -2.30. The highest BCUT2D eigenvalue weighted by Gasteiger charge is 2.21. The summed E-state index contributed by atoms with van der Waals surface area (Å²) in [7, 11) is 1.71. The second-order valence-electron chi connectivity index (χ2n) is 4.64. The van der Waals surface area contributed by atoms with Crippen LogP contribution in [0.25, 0.3) is 11.3 Å². The maximum absolute atomic E-state index is 11.4. The van der Waals surface area contributed by atoms with E-state index in [1.54, 1.807) is 18.5 Å². The van der Waals surface area contributed by atoms with Crippen molar-refractivity contribution < 1.29 is 14.6 Å². The zero-order chi connectivity index (χ0) is 13.6. The van der Waals surface area contributed by atoms with Gasteiger partial charge in [-0.2, -0.15) is 0 Å². The van der Waals surface area contributed by atoms with Gasteiger partial charge in [-0.15, -0.1) is 0 Å². The summed E-state index contributed by atoms with van der Waals surface area (Å²) >= 11 is 0. The second kappa shape index (κ2) is 4.12. The van der Waals surface area contributed by atoms with Crippen molar-refractivity contribution >= 4 is 5.97 Å². The number of imidazole rings is 1. The third-order valence-corrected chi connectivity index (χ3v) is 3.48. The van der Waals surface area contributed by atoms with Crippen molar-refractivity contribution in [2.75, 3.05) is 6.61 Å². The molecule has 2 aromatic rings. The van der Waals surface area contributed by atoms with E-state index >= 15 is 0 Å². The Balaban J connectivity index is 2.17. The minimum absolute atomic E-state index is 0.219. The lowest BCUT2D eigenvalue weighted by atomic mass is 10.0. The summed E-state index contributed by atoms with van der Waals surface area (Å²) in [5.41, 5.74) is 2.67. The summed E-state index contributed by atoms with van der Waals surface area (Å²) in [4.78, 5) is 15.7. The number of fused-ring (bicyclic) bond motifs is 1. The number of rotatable bonds is 2. The highest BCUT2D eigenvalue weighted by atomic mass is 16.5. The van der Waals surface area contributed by atoms with Crippen LogP contribution in [0.15, 0.2) is 18.2 Å². The molecule has 3 rings (SSSR count). The van der Waals surface area contributed by atoms with Crippen LogP contribution in [0.4, 0.5) is 0 Å². The SMILES string of the molecule is Cc1nc(-c2ccc3c(c2)CCO3)c(C(=O)O)n1C. The number of aromatic nitrogens is 2. The van der Waals surface area contributed by atoms with Crippen LogP contribution in [-0.4, -0.2) is 27.2 Å². The fraction of sp³-hybridized carbons (Fsp3) is 0.286. The van der Waals surface area contributed by atoms with Crippen LogP contribution in [0.3, 0.4) is 0 Å². The average Bonchev–Trinajstić information content (AvgIpc) is 2.94. The van der Waals surface area contributed by atoms with Crippen molar-refractivity contribution in [3.63, 3.8) is 0 Å². The lowest BCUT2D eigenvalue weighted by Crippen LogP contribution is -2.06. The van der Waals surface area contributed by atoms with Gasteiger partial charge in [0.15, 0.2) is 5.69 Å². The van der Waals surface area contributed by atoms with Gasteiger partial charge in [-0.1, -0.05) is 0 Å². The summed E-state index contributed by atoms with van der Waals surface area (Å²) in [5.74, 6) is 0.604. The third kappa shape index (κ3) is 1.78. The minimum atomic E-state index is -0.963. The summed E-state index contributed by atoms with van der Waals surface area (Å²) in [5, 5.41) is 9.33. The first-order valence-corrected chi connectivity index (χ1v) is 6.10. The molecule has 2 heterocycles. The molecule has 1 N–H and O–H groups in total. The van der Waals surface area contributed by atoms with Crippen molar-refractivity contribution in [1.29, 1.82) is 0 Å². The number of hydrogen-bond donors (Lipinski definition) is 1. The number of hydrogen-bond acceptors (Lipinski definition) is 3. The number of aryl methyl sites for hydroxylation is 1. The number of aromatic carboxylic acids is 1. The number of ether oxygens (including phenoxy) is 1. The lowest BCUT2D eigenvalue weighted by Gasteiger charge is -2.04. The van der Waals surface area contributed by atoms with Gasteiger partial charge in [-0.25, -0.2) is 9.78 Å². The number of carboxylic acid groups (broad SMARTS) is 1. The van der Waals surface area contributed by atoms with E-state index in [4.69, 9.17) is 4.74 Å². The van der Waals surface area contributed by atoms with E-state index in [2.05, 4.69) is 4.98 Å². The number of benzene rings is 1. The Bertz CT molecular complexity index is 674. The summed E-state index contributed by atoms with van der Waals surface area (Å²) < 4.78 is 7.05. The molecule has 0 spiro atoms. The van der Waals surface area contributed by atoms with E-state index in [1.807, 2.05) is 18.2 Å². The molecule has 0 radical (unpaired) electrons. The summed E-state index contributed by atoms with van der Waals surface area (Å²) in [6, 6.07) is 5.71. The average molecular weight is 258 g/mol. The van der Waals surface area contributed by atoms with E-state index in [0.717, 1.165) is 23.3 Å². The highest BCUT2D eigenvalue weighted by Crippen LogP contribution is 2.31. The van der Waals surface area contributed by atoms with Gasteiger partial charge >= 0.3 is 5.97 Å². The molecule has 1 aliphatic heterocycles. The Labute approximate surface area is 110 Å². The van der Waals surface area contributed by atoms with E-state index in [-0.39, 0.29) is 5.69 Å². The molecule has 0 atom stereocenters. The van der Waals surface area contributed by atoms with Crippen LogP contribution >= 0.6 is 0 Å². The largest absolute Gasteiger partial charge is 0.493 e. The van der Waals surface area contributed by atoms with E-state index in [1.165, 1.54) is 0 Å². The molecule has 0 fully saturated rings. The molecule has 0 unspecified atom stereocenters. The maximum Gasteiger partial charge on any atom is 0.354 e. The predicted molar refractivity (Wildman–Crippen MR) is 69.5 cm³/mol. The molecular formula is C14H14N2O3. The summed E-state index contributed by atoms with van der Waals surface area (Å²) in [6.45, 7) is 2.48. The molecule has 1 aliphatic rings. The van der Waals surface area contributed by atoms with Gasteiger partial charge in [0.05, 0.1) is 6.61 Å². The Morgan fingerprint density at radius 2 is 2.26 bits per heavy atom. The molecule has 1 aromatic carbocycles. The van der Waals surface area contributed by atoms with Crippen LogP contribution in [-0.2, 0) is 13.5 Å². The third-order valence-electron chi connectivity index (χ3n) is 3.48. The number of carboxylic acids is 1. The molecule has 0 aliphatic carbocycles. The first kappa shape index (κ1) is 11.8. The Morgan fingerprint density at radius 1 is 1.47 bits per heavy atom. The highest BCUT2D eigenvalue weighted by molar-refractivity contribution is 5.93. The van der Waals surface area contributed by atoms with Gasteiger partial charge in [0.25, 0.3) is 0 Å². The minimum Gasteiger partial charge on any atom is -0.493 e. The standard InChI is InChI=1S/C14H14N2O3/c1-8-15-12(13(14(17)18)16(8)2)10-3-4-11-9(7-10)5-6-19-11/h3-4,7H,5-6H2,1-2H3,(H,17,18). The first-order valence-electron chi connectivity index (χ1n) is 6.10. The summed E-state index contributed by atoms with van der Waals surface area (Å²) in [6.07, 6.45) is 0.859. The topological polar surface area (TPSA) is 64.3 Å². The quantitative estimate of drug-likeness (QED) is 0.895. The fourth-order valence-corrected chi connectivity index (χ4v) is 2.39. The number of carbonyl (C=O) groups is 1. The molecule has 19 heavy (non-hydrogen) atoms. The number of nitrogens with zero attached hydrogens (tertiary/aromatic N) is 2. The van der Waals surface area contributed by atoms with E-state index in [0.29, 0.717) is 18.1 Å². The van der Waals surface area contributed by atoms with Crippen molar-refractivity contribution in [3.8, 4) is 17.0 Å². The van der Waals surface area contributed by atoms with Crippen LogP contribution in [0.1, 0.15) is 21.9 Å². The van der Waals surface area contributed by atoms with Gasteiger partial charge in [-0.05, 0) is 30.7 Å². The van der Waals surface area contributed by atoms with Gasteiger partial charge in [0, 0.05) is 19.0 Å². The molecule has 5 nitrogen and oxygen atoms in total. The molecule has 1 aromatic heterocycles. The molecule has 98 valence electrons. The van der Waals surface area contributed by atoms with Crippen molar-refractivity contribution in [2.45, 2.75) is 13.3 Å². The normalized spacial score (nSPS) is 13.2. The lowest BCUT2D eigenvalue weighted by molar-refractivity contribution is 0.0687. The Morgan fingerprint density at radius 3 is 3.00 bits per heavy atom. The van der Waals surface area contributed by atoms with E-state index < -0.39 is 5.97 Å². The van der Waals surface area contributed by atoms with Crippen LogP contribution in [0, 0.1) is 6.92 Å². The first-order chi connectivity index (χ1) is 9.08. The van der Waals surface area contributed by atoms with Gasteiger partial charge in [-0.3, -0.25) is 0 Å². The van der Waals surface area contributed by atoms with E-state index in [9.17, 15) is 9.90 Å². The van der Waals surface area contributed by atoms with Crippen LogP contribution in [0.5, 0.6) is 5.75 Å². The van der Waals surface area contributed by atoms with Gasteiger partial charge in [0.1, 0.15) is 17.3 Å². The molecule has 0 saturated carbocycles. The Kier molecular flexibility index (Phi) is 2.55.